The smallest absolute Gasteiger partial charge is 0.245 e. The largest absolute Gasteiger partial charge is 0.378 e. The Morgan fingerprint density at radius 2 is 1.73 bits per heavy atom. The second-order valence-electron chi connectivity index (χ2n) is 7.56. The van der Waals surface area contributed by atoms with E-state index in [1.165, 1.54) is 0 Å². The van der Waals surface area contributed by atoms with Crippen molar-refractivity contribution in [3.63, 3.8) is 0 Å². The van der Waals surface area contributed by atoms with Gasteiger partial charge in [-0.2, -0.15) is 0 Å². The zero-order chi connectivity index (χ0) is 18.7. The van der Waals surface area contributed by atoms with Crippen LogP contribution >= 0.6 is 0 Å². The van der Waals surface area contributed by atoms with Crippen LogP contribution in [0.15, 0.2) is 12.4 Å². The second kappa shape index (κ2) is 8.20. The molecule has 2 saturated heterocycles. The summed E-state index contributed by atoms with van der Waals surface area (Å²) < 4.78 is 7.29. The van der Waals surface area contributed by atoms with Crippen molar-refractivity contribution in [3.05, 3.63) is 18.2 Å². The van der Waals surface area contributed by atoms with Gasteiger partial charge in [-0.25, -0.2) is 4.98 Å². The Morgan fingerprint density at radius 1 is 1.08 bits per heavy atom. The number of ether oxygens (including phenoxy) is 1. The van der Waals surface area contributed by atoms with E-state index in [9.17, 15) is 9.59 Å². The maximum atomic E-state index is 12.9. The monoisotopic (exact) mass is 362 g/mol. The number of aromatic nitrogens is 2. The first-order valence-corrected chi connectivity index (χ1v) is 9.67. The molecule has 7 heteroatoms. The van der Waals surface area contributed by atoms with Crippen LogP contribution in [0.1, 0.15) is 51.4 Å². The fraction of sp³-hybridized carbons (Fsp3) is 0.737. The van der Waals surface area contributed by atoms with E-state index < -0.39 is 0 Å². The molecule has 3 heterocycles. The van der Waals surface area contributed by atoms with Crippen molar-refractivity contribution in [2.75, 3.05) is 39.4 Å². The van der Waals surface area contributed by atoms with Crippen LogP contribution in [0.2, 0.25) is 0 Å². The van der Waals surface area contributed by atoms with Gasteiger partial charge in [0.05, 0.1) is 13.2 Å². The molecular formula is C19H30N4O3. The minimum Gasteiger partial charge on any atom is -0.378 e. The SMILES string of the molecule is CC(C)c1nccn1[C@H](C)C(=O)N1CCC(C(=O)N2CCOCC2)CC1. The Morgan fingerprint density at radius 3 is 2.35 bits per heavy atom. The molecule has 1 aromatic heterocycles. The van der Waals surface area contributed by atoms with E-state index in [0.717, 1.165) is 18.7 Å². The lowest BCUT2D eigenvalue weighted by atomic mass is 9.94. The number of carbonyl (C=O) groups excluding carboxylic acids is 2. The summed E-state index contributed by atoms with van der Waals surface area (Å²) in [5, 5.41) is 0. The van der Waals surface area contributed by atoms with Gasteiger partial charge in [-0.15, -0.1) is 0 Å². The Hall–Kier alpha value is -1.89. The van der Waals surface area contributed by atoms with E-state index in [0.29, 0.717) is 39.4 Å². The van der Waals surface area contributed by atoms with Crippen molar-refractivity contribution in [2.45, 2.75) is 45.6 Å². The fourth-order valence-corrected chi connectivity index (χ4v) is 3.87. The first kappa shape index (κ1) is 18.9. The molecule has 0 bridgehead atoms. The number of piperidine rings is 1. The van der Waals surface area contributed by atoms with Crippen molar-refractivity contribution in [2.24, 2.45) is 5.92 Å². The summed E-state index contributed by atoms with van der Waals surface area (Å²) in [7, 11) is 0. The molecule has 2 aliphatic heterocycles. The van der Waals surface area contributed by atoms with Crippen molar-refractivity contribution < 1.29 is 14.3 Å². The van der Waals surface area contributed by atoms with E-state index in [4.69, 9.17) is 4.74 Å². The normalized spacial score (nSPS) is 20.5. The van der Waals surface area contributed by atoms with Crippen LogP contribution in [0.25, 0.3) is 0 Å². The summed E-state index contributed by atoms with van der Waals surface area (Å²) in [6.45, 7) is 10.0. The molecule has 0 saturated carbocycles. The number of hydrogen-bond acceptors (Lipinski definition) is 4. The number of carbonyl (C=O) groups is 2. The van der Waals surface area contributed by atoms with Gasteiger partial charge in [-0.05, 0) is 19.8 Å². The number of imidazole rings is 1. The number of hydrogen-bond donors (Lipinski definition) is 0. The van der Waals surface area contributed by atoms with E-state index >= 15 is 0 Å². The average Bonchev–Trinajstić information content (AvgIpc) is 3.17. The highest BCUT2D eigenvalue weighted by Gasteiger charge is 2.32. The van der Waals surface area contributed by atoms with E-state index in [1.54, 1.807) is 6.20 Å². The molecule has 0 radical (unpaired) electrons. The zero-order valence-corrected chi connectivity index (χ0v) is 16.1. The van der Waals surface area contributed by atoms with Gasteiger partial charge >= 0.3 is 0 Å². The average molecular weight is 362 g/mol. The molecule has 7 nitrogen and oxygen atoms in total. The molecule has 0 aromatic carbocycles. The summed E-state index contributed by atoms with van der Waals surface area (Å²) in [6, 6.07) is -0.263. The van der Waals surface area contributed by atoms with Gasteiger partial charge in [-0.1, -0.05) is 13.8 Å². The van der Waals surface area contributed by atoms with Crippen LogP contribution in [0.4, 0.5) is 0 Å². The number of morpholine rings is 1. The summed E-state index contributed by atoms with van der Waals surface area (Å²) in [6.07, 6.45) is 5.13. The van der Waals surface area contributed by atoms with Crippen molar-refractivity contribution in [3.8, 4) is 0 Å². The molecule has 2 aliphatic rings. The topological polar surface area (TPSA) is 67.7 Å². The molecule has 1 atom stereocenters. The second-order valence-corrected chi connectivity index (χ2v) is 7.56. The predicted molar refractivity (Wildman–Crippen MR) is 97.7 cm³/mol. The highest BCUT2D eigenvalue weighted by molar-refractivity contribution is 5.82. The standard InChI is InChI=1S/C19H30N4O3/c1-14(2)17-20-6-9-23(17)15(3)18(24)21-7-4-16(5-8-21)19(25)22-10-12-26-13-11-22/h6,9,14-16H,4-5,7-8,10-13H2,1-3H3/t15-/m1/s1. The number of likely N-dealkylation sites (tertiary alicyclic amines) is 1. The van der Waals surface area contributed by atoms with Crippen molar-refractivity contribution >= 4 is 11.8 Å². The van der Waals surface area contributed by atoms with Gasteiger partial charge in [0.15, 0.2) is 0 Å². The third-order valence-electron chi connectivity index (χ3n) is 5.47. The predicted octanol–water partition coefficient (Wildman–Crippen LogP) is 1.66. The van der Waals surface area contributed by atoms with Crippen LogP contribution in [0.3, 0.4) is 0 Å². The van der Waals surface area contributed by atoms with Gasteiger partial charge in [0.1, 0.15) is 11.9 Å². The van der Waals surface area contributed by atoms with E-state index in [-0.39, 0.29) is 29.7 Å². The fourth-order valence-electron chi connectivity index (χ4n) is 3.87. The third-order valence-corrected chi connectivity index (χ3v) is 5.47. The van der Waals surface area contributed by atoms with Gasteiger partial charge in [0.25, 0.3) is 0 Å². The zero-order valence-electron chi connectivity index (χ0n) is 16.1. The number of nitrogens with zero attached hydrogens (tertiary/aromatic N) is 4. The molecular weight excluding hydrogens is 332 g/mol. The van der Waals surface area contributed by atoms with Crippen LogP contribution in [0, 0.1) is 5.92 Å². The third kappa shape index (κ3) is 3.92. The maximum Gasteiger partial charge on any atom is 0.245 e. The summed E-state index contributed by atoms with van der Waals surface area (Å²) in [5.41, 5.74) is 0. The Balaban J connectivity index is 1.56. The lowest BCUT2D eigenvalue weighted by Gasteiger charge is -2.36. The molecule has 2 amide bonds. The van der Waals surface area contributed by atoms with Crippen LogP contribution in [-0.4, -0.2) is 70.6 Å². The first-order valence-electron chi connectivity index (χ1n) is 9.67. The number of amides is 2. The van der Waals surface area contributed by atoms with Crippen molar-refractivity contribution in [1.82, 2.24) is 19.4 Å². The summed E-state index contributed by atoms with van der Waals surface area (Å²) in [5.74, 6) is 1.58. The molecule has 1 aromatic rings. The molecule has 0 aliphatic carbocycles. The Labute approximate surface area is 155 Å². The van der Waals surface area contributed by atoms with Gasteiger partial charge in [0.2, 0.25) is 11.8 Å². The summed E-state index contributed by atoms with van der Waals surface area (Å²) >= 11 is 0. The highest BCUT2D eigenvalue weighted by Crippen LogP contribution is 2.24. The highest BCUT2D eigenvalue weighted by atomic mass is 16.5. The minimum absolute atomic E-state index is 0.0342. The summed E-state index contributed by atoms with van der Waals surface area (Å²) in [4.78, 5) is 33.7. The first-order chi connectivity index (χ1) is 12.5. The van der Waals surface area contributed by atoms with E-state index in [2.05, 4.69) is 18.8 Å². The Kier molecular flexibility index (Phi) is 5.96. The molecule has 144 valence electrons. The molecule has 0 unspecified atom stereocenters. The van der Waals surface area contributed by atoms with Gasteiger partial charge in [-0.3, -0.25) is 9.59 Å². The molecule has 0 N–H and O–H groups in total. The molecule has 26 heavy (non-hydrogen) atoms. The van der Waals surface area contributed by atoms with Gasteiger partial charge < -0.3 is 19.1 Å². The molecule has 0 spiro atoms. The lowest BCUT2D eigenvalue weighted by Crippen LogP contribution is -2.48. The van der Waals surface area contributed by atoms with Crippen LogP contribution in [-0.2, 0) is 14.3 Å². The quantitative estimate of drug-likeness (QED) is 0.817. The van der Waals surface area contributed by atoms with Crippen molar-refractivity contribution in [1.29, 1.82) is 0 Å². The van der Waals surface area contributed by atoms with Crippen LogP contribution < -0.4 is 0 Å². The number of rotatable bonds is 4. The minimum atomic E-state index is -0.263. The molecule has 3 rings (SSSR count). The Bertz CT molecular complexity index is 628. The van der Waals surface area contributed by atoms with Crippen LogP contribution in [0.5, 0.6) is 0 Å². The molecule has 2 fully saturated rings. The maximum absolute atomic E-state index is 12.9. The van der Waals surface area contributed by atoms with E-state index in [1.807, 2.05) is 27.5 Å². The van der Waals surface area contributed by atoms with Gasteiger partial charge in [0, 0.05) is 50.4 Å². The lowest BCUT2D eigenvalue weighted by molar-refractivity contribution is -0.144.